The molecule has 0 bridgehead atoms. The standard InChI is InChI=1S/C26H29F4N4O2P/c1-5-7-19(28)21(8-9-27)33-11-10-32(15-22(33)35)25(36)23-20(6-2)34-14-17(12-16(3)4)13-18(24(34)31-23)26(29,30)37/h1,7-8,13-14,16H,6,9-12,15,37H2,2-4H3/b19-7+,21-8+. The number of rotatable bonds is 8. The lowest BCUT2D eigenvalue weighted by Gasteiger charge is -2.35. The summed E-state index contributed by atoms with van der Waals surface area (Å²) in [5.74, 6) is 0.0301. The van der Waals surface area contributed by atoms with Gasteiger partial charge in [-0.3, -0.25) is 9.59 Å². The van der Waals surface area contributed by atoms with E-state index < -0.39 is 36.5 Å². The zero-order chi connectivity index (χ0) is 27.5. The van der Waals surface area contributed by atoms with Crippen LogP contribution in [0.15, 0.2) is 35.9 Å². The molecule has 37 heavy (non-hydrogen) atoms. The lowest BCUT2D eigenvalue weighted by molar-refractivity contribution is -0.132. The van der Waals surface area contributed by atoms with Crippen molar-refractivity contribution < 1.29 is 27.2 Å². The molecule has 2 amide bonds. The predicted molar refractivity (Wildman–Crippen MR) is 136 cm³/mol. The van der Waals surface area contributed by atoms with Gasteiger partial charge in [0.25, 0.3) is 11.6 Å². The molecule has 0 radical (unpaired) electrons. The largest absolute Gasteiger partial charge is 0.326 e. The van der Waals surface area contributed by atoms with E-state index >= 15 is 0 Å². The molecule has 6 nitrogen and oxygen atoms in total. The third kappa shape index (κ3) is 6.04. The molecule has 1 aliphatic heterocycles. The summed E-state index contributed by atoms with van der Waals surface area (Å²) in [6, 6.07) is 1.41. The monoisotopic (exact) mass is 536 g/mol. The number of halogens is 4. The Hall–Kier alpha value is -3.18. The molecule has 2 aromatic heterocycles. The van der Waals surface area contributed by atoms with Gasteiger partial charge in [0, 0.05) is 25.4 Å². The quantitative estimate of drug-likeness (QED) is 0.214. The van der Waals surface area contributed by atoms with Crippen LogP contribution in [0, 0.1) is 18.3 Å². The maximum Gasteiger partial charge on any atom is 0.287 e. The SMILES string of the molecule is C#C/C=C(F)\C(=C/CF)N1CCN(C(=O)c2nc3c(C(F)(F)P)cc(CC(C)C)cn3c2CC)CC1=O. The van der Waals surface area contributed by atoms with Crippen molar-refractivity contribution in [3.8, 4) is 12.3 Å². The summed E-state index contributed by atoms with van der Waals surface area (Å²) < 4.78 is 57.9. The van der Waals surface area contributed by atoms with Gasteiger partial charge in [-0.1, -0.05) is 35.9 Å². The summed E-state index contributed by atoms with van der Waals surface area (Å²) in [5, 5.41) is 0. The number of aryl methyl sites for hydroxylation is 1. The Kier molecular flexibility index (Phi) is 8.80. The topological polar surface area (TPSA) is 57.9 Å². The van der Waals surface area contributed by atoms with Gasteiger partial charge in [0.05, 0.1) is 17.0 Å². The molecule has 1 aliphatic rings. The van der Waals surface area contributed by atoms with Crippen LogP contribution in [0.5, 0.6) is 0 Å². The summed E-state index contributed by atoms with van der Waals surface area (Å²) in [7, 11) is 1.52. The van der Waals surface area contributed by atoms with Gasteiger partial charge in [-0.15, -0.1) is 6.42 Å². The second-order valence-electron chi connectivity index (χ2n) is 9.11. The second kappa shape index (κ2) is 11.5. The molecule has 1 unspecified atom stereocenters. The van der Waals surface area contributed by atoms with E-state index in [-0.39, 0.29) is 41.6 Å². The molecular formula is C26H29F4N4O2P. The highest BCUT2D eigenvalue weighted by molar-refractivity contribution is 7.17. The molecular weight excluding hydrogens is 507 g/mol. The fourth-order valence-corrected chi connectivity index (χ4v) is 4.61. The minimum absolute atomic E-state index is 0.000194. The minimum atomic E-state index is -3.28. The summed E-state index contributed by atoms with van der Waals surface area (Å²) in [6.45, 7) is 4.19. The number of carbonyl (C=O) groups excluding carboxylic acids is 2. The van der Waals surface area contributed by atoms with E-state index in [9.17, 15) is 27.2 Å². The van der Waals surface area contributed by atoms with E-state index in [1.807, 2.05) is 19.8 Å². The van der Waals surface area contributed by atoms with Gasteiger partial charge >= 0.3 is 0 Å². The third-order valence-corrected chi connectivity index (χ3v) is 6.25. The highest BCUT2D eigenvalue weighted by atomic mass is 31.0. The number of carbonyl (C=O) groups is 2. The van der Waals surface area contributed by atoms with Gasteiger partial charge in [-0.25, -0.2) is 13.8 Å². The van der Waals surface area contributed by atoms with E-state index in [1.54, 1.807) is 13.1 Å². The van der Waals surface area contributed by atoms with Gasteiger partial charge in [-0.05, 0) is 36.5 Å². The molecule has 0 aliphatic carbocycles. The summed E-state index contributed by atoms with van der Waals surface area (Å²) in [5.41, 5.74) is -2.83. The van der Waals surface area contributed by atoms with Gasteiger partial charge in [0.15, 0.2) is 11.5 Å². The number of allylic oxidation sites excluding steroid dienone is 3. The van der Waals surface area contributed by atoms with Crippen LogP contribution in [0.2, 0.25) is 0 Å². The van der Waals surface area contributed by atoms with Crippen LogP contribution >= 0.6 is 9.24 Å². The number of hydrogen-bond donors (Lipinski definition) is 0. The van der Waals surface area contributed by atoms with E-state index in [1.165, 1.54) is 24.6 Å². The number of piperazine rings is 1. The number of hydrogen-bond acceptors (Lipinski definition) is 3. The van der Waals surface area contributed by atoms with Crippen molar-refractivity contribution in [3.05, 3.63) is 58.5 Å². The molecule has 0 spiro atoms. The molecule has 2 aromatic rings. The van der Waals surface area contributed by atoms with Crippen molar-refractivity contribution in [2.45, 2.75) is 39.3 Å². The van der Waals surface area contributed by atoms with Crippen molar-refractivity contribution in [1.29, 1.82) is 0 Å². The maximum atomic E-state index is 14.5. The Morgan fingerprint density at radius 2 is 2.05 bits per heavy atom. The van der Waals surface area contributed by atoms with Gasteiger partial charge in [-0.2, -0.15) is 8.78 Å². The van der Waals surface area contributed by atoms with Crippen LogP contribution in [0.1, 0.15) is 48.1 Å². The molecule has 0 aromatic carbocycles. The lowest BCUT2D eigenvalue weighted by Crippen LogP contribution is -2.52. The van der Waals surface area contributed by atoms with E-state index in [2.05, 4.69) is 4.98 Å². The molecule has 3 heterocycles. The number of fused-ring (bicyclic) bond motifs is 1. The number of imidazole rings is 1. The summed E-state index contributed by atoms with van der Waals surface area (Å²) in [6.07, 6.45) is 9.37. The summed E-state index contributed by atoms with van der Waals surface area (Å²) in [4.78, 5) is 32.8. The first-order valence-electron chi connectivity index (χ1n) is 11.8. The number of nitrogens with zero attached hydrogens (tertiary/aromatic N) is 4. The fourth-order valence-electron chi connectivity index (χ4n) is 4.39. The Balaban J connectivity index is 1.99. The molecule has 1 atom stereocenters. The third-order valence-electron chi connectivity index (χ3n) is 5.94. The molecule has 1 saturated heterocycles. The van der Waals surface area contributed by atoms with Crippen molar-refractivity contribution >= 4 is 26.7 Å². The number of aromatic nitrogens is 2. The van der Waals surface area contributed by atoms with Gasteiger partial charge < -0.3 is 14.2 Å². The zero-order valence-electron chi connectivity index (χ0n) is 20.9. The van der Waals surface area contributed by atoms with Gasteiger partial charge in [0.1, 0.15) is 18.9 Å². The van der Waals surface area contributed by atoms with Crippen molar-refractivity contribution in [2.75, 3.05) is 26.3 Å². The van der Waals surface area contributed by atoms with Crippen molar-refractivity contribution in [1.82, 2.24) is 19.2 Å². The normalized spacial score (nSPS) is 15.6. The average Bonchev–Trinajstić information content (AvgIpc) is 3.19. The smallest absolute Gasteiger partial charge is 0.287 e. The van der Waals surface area contributed by atoms with Crippen LogP contribution in [-0.2, 0) is 23.3 Å². The van der Waals surface area contributed by atoms with E-state index in [0.29, 0.717) is 24.1 Å². The molecule has 3 rings (SSSR count). The Labute approximate surface area is 215 Å². The number of pyridine rings is 1. The highest BCUT2D eigenvalue weighted by Gasteiger charge is 2.35. The first-order valence-corrected chi connectivity index (χ1v) is 12.4. The molecule has 0 saturated carbocycles. The van der Waals surface area contributed by atoms with Crippen molar-refractivity contribution in [3.63, 3.8) is 0 Å². The van der Waals surface area contributed by atoms with Gasteiger partial charge in [0.2, 0.25) is 5.91 Å². The first-order chi connectivity index (χ1) is 17.4. The Morgan fingerprint density at radius 1 is 1.35 bits per heavy atom. The second-order valence-corrected chi connectivity index (χ2v) is 9.84. The number of alkyl halides is 3. The first kappa shape index (κ1) is 28.4. The maximum absolute atomic E-state index is 14.5. The predicted octanol–water partition coefficient (Wildman–Crippen LogP) is 4.64. The van der Waals surface area contributed by atoms with Crippen molar-refractivity contribution in [2.24, 2.45) is 5.92 Å². The van der Waals surface area contributed by atoms with Crippen LogP contribution in [0.4, 0.5) is 17.6 Å². The van der Waals surface area contributed by atoms with Crippen LogP contribution in [0.3, 0.4) is 0 Å². The van der Waals surface area contributed by atoms with E-state index in [4.69, 9.17) is 6.42 Å². The zero-order valence-corrected chi connectivity index (χ0v) is 22.1. The molecule has 198 valence electrons. The minimum Gasteiger partial charge on any atom is -0.326 e. The van der Waals surface area contributed by atoms with Crippen LogP contribution < -0.4 is 0 Å². The summed E-state index contributed by atoms with van der Waals surface area (Å²) >= 11 is 0. The Morgan fingerprint density at radius 3 is 2.59 bits per heavy atom. The van der Waals surface area contributed by atoms with Crippen LogP contribution in [-0.4, -0.2) is 57.3 Å². The molecule has 11 heteroatoms. The molecule has 1 fully saturated rings. The number of terminal acetylenes is 1. The number of amides is 2. The molecule has 0 N–H and O–H groups in total. The van der Waals surface area contributed by atoms with Crippen LogP contribution in [0.25, 0.3) is 5.65 Å². The average molecular weight is 537 g/mol. The van der Waals surface area contributed by atoms with E-state index in [0.717, 1.165) is 17.1 Å². The fraction of sp³-hybridized carbons (Fsp3) is 0.423. The Bertz CT molecular complexity index is 1300. The highest BCUT2D eigenvalue weighted by Crippen LogP contribution is 2.38. The lowest BCUT2D eigenvalue weighted by atomic mass is 10.0.